The van der Waals surface area contributed by atoms with Crippen LogP contribution in [-0.2, 0) is 19.0 Å². The highest BCUT2D eigenvalue weighted by Crippen LogP contribution is 2.31. The van der Waals surface area contributed by atoms with Crippen molar-refractivity contribution in [3.05, 3.63) is 53.7 Å². The van der Waals surface area contributed by atoms with E-state index in [-0.39, 0.29) is 24.9 Å². The lowest BCUT2D eigenvalue weighted by Crippen LogP contribution is -2.10. The van der Waals surface area contributed by atoms with Crippen LogP contribution in [0.5, 0.6) is 11.5 Å². The van der Waals surface area contributed by atoms with Gasteiger partial charge in [-0.05, 0) is 44.0 Å². The zero-order valence-electron chi connectivity index (χ0n) is 20.0. The largest absolute Gasteiger partial charge is 0.494 e. The number of ether oxygens (including phenoxy) is 5. The number of fused-ring (bicyclic) bond motifs is 1. The van der Waals surface area contributed by atoms with Gasteiger partial charge < -0.3 is 28.3 Å². The van der Waals surface area contributed by atoms with Gasteiger partial charge in [-0.1, -0.05) is 0 Å². The van der Waals surface area contributed by atoms with Crippen molar-refractivity contribution in [2.24, 2.45) is 0 Å². The number of carbonyl (C=O) groups excluding carboxylic acids is 2. The highest BCUT2D eigenvalue weighted by molar-refractivity contribution is 5.93. The molecule has 2 aromatic carbocycles. The number of carbonyl (C=O) groups is 2. The van der Waals surface area contributed by atoms with Gasteiger partial charge >= 0.3 is 11.9 Å². The van der Waals surface area contributed by atoms with Crippen molar-refractivity contribution in [3.8, 4) is 23.3 Å². The van der Waals surface area contributed by atoms with Crippen molar-refractivity contribution >= 4 is 22.8 Å². The van der Waals surface area contributed by atoms with Crippen molar-refractivity contribution in [3.63, 3.8) is 0 Å². The number of hydrogen-bond donors (Lipinski definition) is 0. The van der Waals surface area contributed by atoms with Gasteiger partial charge in [-0.25, -0.2) is 4.79 Å². The Morgan fingerprint density at radius 1 is 1.03 bits per heavy atom. The molecule has 184 valence electrons. The Hall–Kier alpha value is -4.03. The Bertz CT molecular complexity index is 1230. The number of nitrogens with zero attached hydrogens (tertiary/aromatic N) is 2. The monoisotopic (exact) mass is 480 g/mol. The minimum Gasteiger partial charge on any atom is -0.494 e. The summed E-state index contributed by atoms with van der Waals surface area (Å²) in [4.78, 5) is 23.2. The van der Waals surface area contributed by atoms with Gasteiger partial charge in [0.25, 0.3) is 0 Å². The summed E-state index contributed by atoms with van der Waals surface area (Å²) in [5.74, 6) is 0.164. The minimum absolute atomic E-state index is 0.0405. The smallest absolute Gasteiger partial charge is 0.341 e. The second kappa shape index (κ2) is 12.4. The van der Waals surface area contributed by atoms with E-state index in [1.807, 2.05) is 22.8 Å². The van der Waals surface area contributed by atoms with E-state index < -0.39 is 5.97 Å². The quantitative estimate of drug-likeness (QED) is 0.213. The Kier molecular flexibility index (Phi) is 9.09. The van der Waals surface area contributed by atoms with Gasteiger partial charge in [0, 0.05) is 43.4 Å². The summed E-state index contributed by atoms with van der Waals surface area (Å²) in [7, 11) is 1.49. The number of unbranched alkanes of at least 4 members (excludes halogenated alkanes) is 1. The first-order chi connectivity index (χ1) is 17.0. The van der Waals surface area contributed by atoms with E-state index in [0.29, 0.717) is 42.4 Å². The van der Waals surface area contributed by atoms with Crippen molar-refractivity contribution in [2.75, 3.05) is 33.7 Å². The molecule has 0 fully saturated rings. The average Bonchev–Trinajstić information content (AvgIpc) is 3.22. The first-order valence-electron chi connectivity index (χ1n) is 11.2. The second-order valence-electron chi connectivity index (χ2n) is 7.55. The van der Waals surface area contributed by atoms with Crippen molar-refractivity contribution < 1.29 is 33.3 Å². The third-order valence-electron chi connectivity index (χ3n) is 5.08. The molecule has 0 unspecified atom stereocenters. The van der Waals surface area contributed by atoms with Crippen LogP contribution in [0.1, 0.15) is 42.6 Å². The lowest BCUT2D eigenvalue weighted by Gasteiger charge is -2.13. The molecule has 0 aliphatic rings. The van der Waals surface area contributed by atoms with Crippen LogP contribution in [0.4, 0.5) is 0 Å². The molecule has 9 heteroatoms. The van der Waals surface area contributed by atoms with Crippen molar-refractivity contribution in [1.82, 2.24) is 4.57 Å². The third-order valence-corrected chi connectivity index (χ3v) is 5.08. The topological polar surface area (TPSA) is 109 Å². The maximum atomic E-state index is 12.3. The molecule has 3 aromatic rings. The van der Waals surface area contributed by atoms with Crippen LogP contribution in [0.15, 0.2) is 42.6 Å². The minimum atomic E-state index is -0.496. The van der Waals surface area contributed by atoms with Gasteiger partial charge in [0.1, 0.15) is 23.1 Å². The number of hydrogen-bond acceptors (Lipinski definition) is 8. The van der Waals surface area contributed by atoms with Gasteiger partial charge in [0.2, 0.25) is 0 Å². The standard InChI is InChI=1S/C26H28N2O7/c1-4-32-26(30)23-9-7-20(13-25(23)35-17-31-3)28-16-19(15-27)22-10-8-21(14-24(22)28)34-12-6-5-11-33-18(2)29/h7-10,13-14,16H,4-6,11-12,17H2,1-3H3. The SMILES string of the molecule is CCOC(=O)c1ccc(-n2cc(C#N)c3ccc(OCCCCOC(C)=O)cc32)cc1OCOC. The Morgan fingerprint density at radius 2 is 1.83 bits per heavy atom. The number of nitriles is 1. The predicted octanol–water partition coefficient (Wildman–Crippen LogP) is 4.38. The van der Waals surface area contributed by atoms with Crippen LogP contribution in [0.3, 0.4) is 0 Å². The number of methoxy groups -OCH3 is 1. The normalized spacial score (nSPS) is 10.6. The van der Waals surface area contributed by atoms with Crippen LogP contribution in [0.2, 0.25) is 0 Å². The van der Waals surface area contributed by atoms with E-state index in [1.54, 1.807) is 31.3 Å². The molecule has 0 N–H and O–H groups in total. The van der Waals surface area contributed by atoms with Crippen LogP contribution in [0.25, 0.3) is 16.6 Å². The predicted molar refractivity (Wildman–Crippen MR) is 128 cm³/mol. The lowest BCUT2D eigenvalue weighted by atomic mass is 10.1. The van der Waals surface area contributed by atoms with Gasteiger partial charge in [0.05, 0.1) is 30.9 Å². The van der Waals surface area contributed by atoms with Crippen LogP contribution in [0, 0.1) is 11.3 Å². The fraction of sp³-hybridized carbons (Fsp3) is 0.346. The summed E-state index contributed by atoms with van der Waals surface area (Å²) in [6.45, 7) is 4.14. The van der Waals surface area contributed by atoms with Crippen LogP contribution in [-0.4, -0.2) is 50.2 Å². The van der Waals surface area contributed by atoms with E-state index in [9.17, 15) is 14.9 Å². The van der Waals surface area contributed by atoms with E-state index in [4.69, 9.17) is 23.7 Å². The molecule has 0 amide bonds. The summed E-state index contributed by atoms with van der Waals surface area (Å²) in [6.07, 6.45) is 3.16. The fourth-order valence-corrected chi connectivity index (χ4v) is 3.49. The Labute approximate surface area is 203 Å². The molecule has 35 heavy (non-hydrogen) atoms. The molecule has 9 nitrogen and oxygen atoms in total. The van der Waals surface area contributed by atoms with E-state index in [2.05, 4.69) is 6.07 Å². The molecule has 1 aromatic heterocycles. The number of benzene rings is 2. The zero-order valence-corrected chi connectivity index (χ0v) is 20.0. The van der Waals surface area contributed by atoms with Gasteiger partial charge in [0.15, 0.2) is 6.79 Å². The third kappa shape index (κ3) is 6.52. The Balaban J connectivity index is 1.89. The zero-order chi connectivity index (χ0) is 25.2. The number of rotatable bonds is 12. The average molecular weight is 481 g/mol. The fourth-order valence-electron chi connectivity index (χ4n) is 3.49. The van der Waals surface area contributed by atoms with Crippen LogP contribution >= 0.6 is 0 Å². The van der Waals surface area contributed by atoms with Crippen LogP contribution < -0.4 is 9.47 Å². The molecule has 0 aliphatic heterocycles. The lowest BCUT2D eigenvalue weighted by molar-refractivity contribution is -0.141. The van der Waals surface area contributed by atoms with Gasteiger partial charge in [-0.3, -0.25) is 4.79 Å². The molecule has 0 saturated carbocycles. The van der Waals surface area contributed by atoms with Crippen molar-refractivity contribution in [1.29, 1.82) is 5.26 Å². The highest BCUT2D eigenvalue weighted by atomic mass is 16.7. The summed E-state index contributed by atoms with van der Waals surface area (Å²) < 4.78 is 28.4. The van der Waals surface area contributed by atoms with Gasteiger partial charge in [-0.2, -0.15) is 5.26 Å². The molecule has 0 radical (unpaired) electrons. The summed E-state index contributed by atoms with van der Waals surface area (Å²) in [5.41, 5.74) is 2.24. The molecule has 0 saturated heterocycles. The molecular weight excluding hydrogens is 452 g/mol. The first kappa shape index (κ1) is 25.6. The van der Waals surface area contributed by atoms with Crippen molar-refractivity contribution in [2.45, 2.75) is 26.7 Å². The van der Waals surface area contributed by atoms with E-state index in [0.717, 1.165) is 17.3 Å². The molecule has 0 spiro atoms. The van der Waals surface area contributed by atoms with Gasteiger partial charge in [-0.15, -0.1) is 0 Å². The molecule has 3 rings (SSSR count). The first-order valence-corrected chi connectivity index (χ1v) is 11.2. The molecule has 0 atom stereocenters. The highest BCUT2D eigenvalue weighted by Gasteiger charge is 2.17. The molecule has 0 aliphatic carbocycles. The number of esters is 2. The summed E-state index contributed by atoms with van der Waals surface area (Å²) >= 11 is 0. The molecule has 1 heterocycles. The summed E-state index contributed by atoms with van der Waals surface area (Å²) in [5, 5.41) is 10.4. The number of aromatic nitrogens is 1. The summed E-state index contributed by atoms with van der Waals surface area (Å²) in [6, 6.07) is 12.8. The molecule has 0 bridgehead atoms. The van der Waals surface area contributed by atoms with E-state index in [1.165, 1.54) is 14.0 Å². The Morgan fingerprint density at radius 3 is 2.54 bits per heavy atom. The maximum Gasteiger partial charge on any atom is 0.341 e. The maximum absolute atomic E-state index is 12.3. The second-order valence-corrected chi connectivity index (χ2v) is 7.55. The molecular formula is C26H28N2O7. The van der Waals surface area contributed by atoms with E-state index >= 15 is 0 Å².